The summed E-state index contributed by atoms with van der Waals surface area (Å²) in [6.45, 7) is 4.66. The lowest BCUT2D eigenvalue weighted by Gasteiger charge is -2.34. The van der Waals surface area contributed by atoms with Crippen molar-refractivity contribution in [3.05, 3.63) is 47.0 Å². The number of imidazole rings is 1. The number of carboxylic acid groups (broad SMARTS) is 1. The van der Waals surface area contributed by atoms with Crippen molar-refractivity contribution in [3.8, 4) is 11.5 Å². The molecule has 0 spiro atoms. The number of anilines is 1. The Morgan fingerprint density at radius 2 is 1.76 bits per heavy atom. The van der Waals surface area contributed by atoms with Gasteiger partial charge in [-0.3, -0.25) is 9.59 Å². The van der Waals surface area contributed by atoms with Crippen LogP contribution in [0.2, 0.25) is 0 Å². The Balaban J connectivity index is 0.000000627. The molecule has 2 aliphatic rings. The minimum absolute atomic E-state index is 0.0111. The number of hydrogen-bond donors (Lipinski definition) is 2. The number of aromatic nitrogens is 2. The smallest absolute Gasteiger partial charge is 0.292 e. The van der Waals surface area contributed by atoms with Crippen molar-refractivity contribution >= 4 is 29.7 Å². The van der Waals surface area contributed by atoms with Crippen LogP contribution in [0.25, 0.3) is 11.0 Å². The highest BCUT2D eigenvalue weighted by Crippen LogP contribution is 2.44. The second kappa shape index (κ2) is 14.9. The van der Waals surface area contributed by atoms with E-state index in [0.29, 0.717) is 30.0 Å². The Morgan fingerprint density at radius 3 is 2.36 bits per heavy atom. The minimum atomic E-state index is -1.20. The summed E-state index contributed by atoms with van der Waals surface area (Å²) in [5, 5.41) is 18.7. The van der Waals surface area contributed by atoms with Crippen molar-refractivity contribution in [2.45, 2.75) is 70.6 Å². The summed E-state index contributed by atoms with van der Waals surface area (Å²) in [6.07, 6.45) is 5.20. The average Bonchev–Trinajstić information content (AvgIpc) is 3.39. The molecule has 1 aromatic heterocycles. The summed E-state index contributed by atoms with van der Waals surface area (Å²) in [6, 6.07) is 7.85. The first kappa shape index (κ1) is 32.7. The van der Waals surface area contributed by atoms with Gasteiger partial charge in [-0.1, -0.05) is 19.8 Å². The number of ether oxygens (including phenoxy) is 3. The van der Waals surface area contributed by atoms with Crippen LogP contribution in [0.3, 0.4) is 0 Å². The molecule has 2 heterocycles. The molecule has 4 unspecified atom stereocenters. The zero-order chi connectivity index (χ0) is 31.0. The number of aliphatic hydroxyl groups is 1. The fourth-order valence-corrected chi connectivity index (χ4v) is 6.13. The molecule has 230 valence electrons. The van der Waals surface area contributed by atoms with Gasteiger partial charge in [-0.05, 0) is 62.8 Å². The van der Waals surface area contributed by atoms with Crippen molar-refractivity contribution in [2.24, 2.45) is 5.92 Å². The van der Waals surface area contributed by atoms with Crippen LogP contribution in [0.4, 0.5) is 10.1 Å². The normalized spacial score (nSPS) is 20.2. The highest BCUT2D eigenvalue weighted by Gasteiger charge is 2.33. The fraction of sp³-hybridized carbons (Fsp3) is 0.516. The van der Waals surface area contributed by atoms with Crippen molar-refractivity contribution in [1.29, 1.82) is 0 Å². The maximum atomic E-state index is 14.7. The number of hydrogen-bond acceptors (Lipinski definition) is 8. The van der Waals surface area contributed by atoms with Crippen LogP contribution in [0.15, 0.2) is 24.3 Å². The molecule has 1 aliphatic heterocycles. The van der Waals surface area contributed by atoms with Crippen molar-refractivity contribution in [1.82, 2.24) is 9.55 Å². The Bertz CT molecular complexity index is 1360. The van der Waals surface area contributed by atoms with E-state index in [0.717, 1.165) is 43.1 Å². The molecule has 0 bridgehead atoms. The summed E-state index contributed by atoms with van der Waals surface area (Å²) >= 11 is 0. The topological polar surface area (TPSA) is 123 Å². The highest BCUT2D eigenvalue weighted by molar-refractivity contribution is 5.86. The van der Waals surface area contributed by atoms with Crippen LogP contribution in [-0.4, -0.2) is 67.1 Å². The van der Waals surface area contributed by atoms with Gasteiger partial charge in [-0.15, -0.1) is 0 Å². The summed E-state index contributed by atoms with van der Waals surface area (Å²) in [5.41, 5.74) is 4.66. The van der Waals surface area contributed by atoms with Gasteiger partial charge >= 0.3 is 0 Å². The number of carbonyl (C=O) groups is 2. The number of fused-ring (bicyclic) bond motifs is 3. The Hall–Kier alpha value is -3.86. The SMILES string of the molecule is COC=O.COc1ccc(F)c(OC)c1C(O)c1nc2c3c(ccc2n1C1CCCC(C)C1)N(C)C(C)CC3.O=CO. The second-order valence-electron chi connectivity index (χ2n) is 10.7. The van der Waals surface area contributed by atoms with Gasteiger partial charge in [0.2, 0.25) is 0 Å². The van der Waals surface area contributed by atoms with E-state index in [1.54, 1.807) is 0 Å². The fourth-order valence-electron chi connectivity index (χ4n) is 6.13. The van der Waals surface area contributed by atoms with E-state index in [1.807, 2.05) is 0 Å². The lowest BCUT2D eigenvalue weighted by atomic mass is 9.86. The third-order valence-electron chi connectivity index (χ3n) is 8.24. The molecule has 1 fully saturated rings. The number of carbonyl (C=O) groups excluding carboxylic acids is 1. The molecule has 0 amide bonds. The Kier molecular flexibility index (Phi) is 11.6. The molecule has 2 N–H and O–H groups in total. The van der Waals surface area contributed by atoms with Crippen molar-refractivity contribution in [2.75, 3.05) is 33.3 Å². The molecular weight excluding hydrogens is 545 g/mol. The number of aryl methyl sites for hydroxylation is 1. The van der Waals surface area contributed by atoms with E-state index >= 15 is 0 Å². The number of rotatable bonds is 6. The van der Waals surface area contributed by atoms with E-state index in [2.05, 4.69) is 47.2 Å². The van der Waals surface area contributed by atoms with Gasteiger partial charge in [0.1, 0.15) is 17.7 Å². The minimum Gasteiger partial charge on any atom is -0.496 e. The quantitative estimate of drug-likeness (QED) is 0.371. The molecule has 42 heavy (non-hydrogen) atoms. The Labute approximate surface area is 246 Å². The van der Waals surface area contributed by atoms with Gasteiger partial charge in [0.15, 0.2) is 11.6 Å². The van der Waals surface area contributed by atoms with Gasteiger partial charge in [-0.2, -0.15) is 0 Å². The van der Waals surface area contributed by atoms with Gasteiger partial charge in [0, 0.05) is 30.4 Å². The van der Waals surface area contributed by atoms with Crippen molar-refractivity contribution in [3.63, 3.8) is 0 Å². The van der Waals surface area contributed by atoms with Crippen LogP contribution in [0, 0.1) is 11.7 Å². The maximum Gasteiger partial charge on any atom is 0.292 e. The molecule has 2 aromatic carbocycles. The van der Waals surface area contributed by atoms with Gasteiger partial charge in [0.05, 0.1) is 37.9 Å². The van der Waals surface area contributed by atoms with Crippen molar-refractivity contribution < 1.29 is 38.4 Å². The number of benzene rings is 2. The monoisotopic (exact) mass is 587 g/mol. The highest BCUT2D eigenvalue weighted by atomic mass is 19.1. The van der Waals surface area contributed by atoms with E-state index in [4.69, 9.17) is 29.2 Å². The Morgan fingerprint density at radius 1 is 1.07 bits per heavy atom. The summed E-state index contributed by atoms with van der Waals surface area (Å²) < 4.78 is 31.7. The second-order valence-corrected chi connectivity index (χ2v) is 10.7. The summed E-state index contributed by atoms with van der Waals surface area (Å²) in [7, 11) is 6.37. The molecule has 1 saturated carbocycles. The predicted molar refractivity (Wildman–Crippen MR) is 158 cm³/mol. The third kappa shape index (κ3) is 6.61. The van der Waals surface area contributed by atoms with Crippen LogP contribution in [0.5, 0.6) is 11.5 Å². The first-order valence-electron chi connectivity index (χ1n) is 14.1. The first-order valence-corrected chi connectivity index (χ1v) is 14.1. The van der Waals surface area contributed by atoms with E-state index in [9.17, 15) is 9.50 Å². The zero-order valence-corrected chi connectivity index (χ0v) is 25.2. The van der Waals surface area contributed by atoms with Crippen LogP contribution in [-0.2, 0) is 20.7 Å². The molecule has 10 nitrogen and oxygen atoms in total. The van der Waals surface area contributed by atoms with Crippen LogP contribution >= 0.6 is 0 Å². The molecule has 0 radical (unpaired) electrons. The van der Waals surface area contributed by atoms with E-state index < -0.39 is 11.9 Å². The lowest BCUT2D eigenvalue weighted by Crippen LogP contribution is -2.33. The van der Waals surface area contributed by atoms with Gasteiger partial charge < -0.3 is 33.9 Å². The molecule has 4 atom stereocenters. The summed E-state index contributed by atoms with van der Waals surface area (Å²) in [5.74, 6) is 0.948. The largest absolute Gasteiger partial charge is 0.496 e. The molecule has 0 saturated heterocycles. The number of halogens is 1. The maximum absolute atomic E-state index is 14.7. The van der Waals surface area contributed by atoms with Crippen LogP contribution < -0.4 is 14.4 Å². The third-order valence-corrected chi connectivity index (χ3v) is 8.24. The molecule has 5 rings (SSSR count). The summed E-state index contributed by atoms with van der Waals surface area (Å²) in [4.78, 5) is 24.7. The molecule has 11 heteroatoms. The zero-order valence-electron chi connectivity index (χ0n) is 25.2. The average molecular weight is 588 g/mol. The number of methoxy groups -OCH3 is 3. The van der Waals surface area contributed by atoms with E-state index in [-0.39, 0.29) is 23.8 Å². The standard InChI is InChI=1S/C28H36FN3O3.C2H4O2.CH2O2/c1-16-7-6-8-18(15-16)32-22-13-12-21-19(10-9-17(2)31(21)3)25(22)30-28(32)26(33)24-23(34-4)14-11-20(29)27(24)35-5;1-4-2-3;2-1-3/h11-14,16-18,26,33H,6-10,15H2,1-5H3;2H,1H3;1H,(H,2,3). The van der Waals surface area contributed by atoms with Gasteiger partial charge in [-0.25, -0.2) is 9.37 Å². The molecular formula is C31H42FN3O7. The molecule has 1 aliphatic carbocycles. The first-order chi connectivity index (χ1) is 20.2. The van der Waals surface area contributed by atoms with Gasteiger partial charge in [0.25, 0.3) is 12.9 Å². The molecule has 3 aromatic rings. The van der Waals surface area contributed by atoms with E-state index in [1.165, 1.54) is 51.1 Å². The number of nitrogens with zero attached hydrogens (tertiary/aromatic N) is 3. The van der Waals surface area contributed by atoms with Crippen LogP contribution in [0.1, 0.15) is 75.0 Å². The number of aliphatic hydroxyl groups excluding tert-OH is 1. The predicted octanol–water partition coefficient (Wildman–Crippen LogP) is 5.29. The lowest BCUT2D eigenvalue weighted by molar-refractivity contribution is -0.126.